The maximum atomic E-state index is 12.4. The molecule has 0 saturated carbocycles. The highest BCUT2D eigenvalue weighted by Gasteiger charge is 2.20. The summed E-state index contributed by atoms with van der Waals surface area (Å²) in [6.45, 7) is 13.1. The van der Waals surface area contributed by atoms with Crippen molar-refractivity contribution < 1.29 is 14.3 Å². The number of hydrogen-bond acceptors (Lipinski definition) is 5. The van der Waals surface area contributed by atoms with E-state index < -0.39 is 11.7 Å². The van der Waals surface area contributed by atoms with Crippen LogP contribution < -0.4 is 20.3 Å². The fourth-order valence-electron chi connectivity index (χ4n) is 3.31. The number of amides is 1. The van der Waals surface area contributed by atoms with Gasteiger partial charge in [-0.3, -0.25) is 0 Å². The van der Waals surface area contributed by atoms with E-state index in [1.807, 2.05) is 45.0 Å². The molecule has 6 heteroatoms. The number of nitrogens with one attached hydrogen (secondary N) is 2. The Labute approximate surface area is 186 Å². The molecule has 1 atom stereocenters. The molecule has 170 valence electrons. The Morgan fingerprint density at radius 1 is 1.00 bits per heavy atom. The van der Waals surface area contributed by atoms with Crippen molar-refractivity contribution >= 4 is 11.8 Å². The molecule has 0 saturated heterocycles. The molecule has 0 aliphatic rings. The fourth-order valence-corrected chi connectivity index (χ4v) is 3.31. The predicted octanol–water partition coefficient (Wildman–Crippen LogP) is 4.90. The number of methoxy groups -OCH3 is 1. The fraction of sp³-hybridized carbons (Fsp3) is 0.480. The van der Waals surface area contributed by atoms with E-state index in [-0.39, 0.29) is 6.04 Å². The summed E-state index contributed by atoms with van der Waals surface area (Å²) in [6.07, 6.45) is -0.420. The second-order valence-electron chi connectivity index (χ2n) is 8.44. The Balaban J connectivity index is 2.08. The third-order valence-electron chi connectivity index (χ3n) is 4.95. The molecular formula is C25H37N3O3. The van der Waals surface area contributed by atoms with Crippen molar-refractivity contribution in [1.82, 2.24) is 10.6 Å². The summed E-state index contributed by atoms with van der Waals surface area (Å²) in [5, 5.41) is 6.46. The van der Waals surface area contributed by atoms with Crippen LogP contribution in [0, 0.1) is 0 Å². The zero-order valence-electron chi connectivity index (χ0n) is 19.7. The number of rotatable bonds is 10. The van der Waals surface area contributed by atoms with Gasteiger partial charge in [0.2, 0.25) is 0 Å². The van der Waals surface area contributed by atoms with Crippen LogP contribution in [0.3, 0.4) is 0 Å². The normalized spacial score (nSPS) is 12.2. The van der Waals surface area contributed by atoms with Crippen LogP contribution in [0.15, 0.2) is 48.5 Å². The van der Waals surface area contributed by atoms with Gasteiger partial charge in [0.25, 0.3) is 0 Å². The number of anilines is 1. The third kappa shape index (κ3) is 8.13. The van der Waals surface area contributed by atoms with Gasteiger partial charge < -0.3 is 25.0 Å². The molecule has 0 heterocycles. The van der Waals surface area contributed by atoms with Gasteiger partial charge in [0, 0.05) is 31.9 Å². The van der Waals surface area contributed by atoms with Crippen molar-refractivity contribution in [3.8, 4) is 5.75 Å². The maximum absolute atomic E-state index is 12.4. The number of alkyl carbamates (subject to hydrolysis) is 1. The lowest BCUT2D eigenvalue weighted by molar-refractivity contribution is 0.0503. The first-order valence-electron chi connectivity index (χ1n) is 10.9. The van der Waals surface area contributed by atoms with Crippen LogP contribution in [0.4, 0.5) is 10.5 Å². The number of hydrogen-bond donors (Lipinski definition) is 2. The summed E-state index contributed by atoms with van der Waals surface area (Å²) in [7, 11) is 1.66. The van der Waals surface area contributed by atoms with Crippen LogP contribution in [0.25, 0.3) is 0 Å². The SMILES string of the molecule is CCN(CC)c1ccc([C@@H](CNCc2ccc(OC)cc2)NC(=O)OC(C)(C)C)cc1. The van der Waals surface area contributed by atoms with Gasteiger partial charge in [0.1, 0.15) is 11.4 Å². The van der Waals surface area contributed by atoms with E-state index in [4.69, 9.17) is 9.47 Å². The van der Waals surface area contributed by atoms with Gasteiger partial charge in [-0.1, -0.05) is 24.3 Å². The monoisotopic (exact) mass is 427 g/mol. The number of carbonyl (C=O) groups excluding carboxylic acids is 1. The molecule has 2 aromatic rings. The molecule has 1 amide bonds. The Hall–Kier alpha value is -2.73. The van der Waals surface area contributed by atoms with E-state index in [0.717, 1.165) is 30.0 Å². The van der Waals surface area contributed by atoms with Gasteiger partial charge in [-0.25, -0.2) is 4.79 Å². The molecule has 0 bridgehead atoms. The second-order valence-corrected chi connectivity index (χ2v) is 8.44. The highest BCUT2D eigenvalue weighted by Crippen LogP contribution is 2.20. The highest BCUT2D eigenvalue weighted by molar-refractivity contribution is 5.68. The largest absolute Gasteiger partial charge is 0.497 e. The van der Waals surface area contributed by atoms with Crippen LogP contribution in [-0.2, 0) is 11.3 Å². The molecule has 2 aromatic carbocycles. The first-order valence-corrected chi connectivity index (χ1v) is 10.9. The molecule has 0 aliphatic carbocycles. The summed E-state index contributed by atoms with van der Waals surface area (Å²) >= 11 is 0. The molecule has 6 nitrogen and oxygen atoms in total. The molecule has 0 fully saturated rings. The lowest BCUT2D eigenvalue weighted by Gasteiger charge is -2.25. The van der Waals surface area contributed by atoms with E-state index in [1.54, 1.807) is 7.11 Å². The lowest BCUT2D eigenvalue weighted by atomic mass is 10.1. The van der Waals surface area contributed by atoms with Crippen LogP contribution in [0.1, 0.15) is 51.8 Å². The minimum Gasteiger partial charge on any atom is -0.497 e. The van der Waals surface area contributed by atoms with E-state index in [2.05, 4.69) is 53.6 Å². The van der Waals surface area contributed by atoms with E-state index in [0.29, 0.717) is 13.1 Å². The molecule has 2 rings (SSSR count). The van der Waals surface area contributed by atoms with Crippen LogP contribution in [-0.4, -0.2) is 38.4 Å². The molecule has 0 radical (unpaired) electrons. The average Bonchev–Trinajstić information content (AvgIpc) is 2.73. The number of nitrogens with zero attached hydrogens (tertiary/aromatic N) is 1. The van der Waals surface area contributed by atoms with Gasteiger partial charge in [-0.2, -0.15) is 0 Å². The summed E-state index contributed by atoms with van der Waals surface area (Å²) < 4.78 is 10.7. The standard InChI is InChI=1S/C25H37N3O3/c1-7-28(8-2)21-13-11-20(12-14-21)23(27-24(29)31-25(3,4)5)18-26-17-19-9-15-22(30-6)16-10-19/h9-16,23,26H,7-8,17-18H2,1-6H3,(H,27,29)/t23-/m1/s1. The first-order chi connectivity index (χ1) is 14.8. The summed E-state index contributed by atoms with van der Waals surface area (Å²) in [5.41, 5.74) is 2.81. The smallest absolute Gasteiger partial charge is 0.408 e. The quantitative estimate of drug-likeness (QED) is 0.565. The average molecular weight is 428 g/mol. The summed E-state index contributed by atoms with van der Waals surface area (Å²) in [4.78, 5) is 14.7. The zero-order chi connectivity index (χ0) is 22.9. The molecule has 0 aromatic heterocycles. The zero-order valence-corrected chi connectivity index (χ0v) is 19.7. The van der Waals surface area contributed by atoms with Crippen molar-refractivity contribution in [1.29, 1.82) is 0 Å². The van der Waals surface area contributed by atoms with Gasteiger partial charge in [-0.05, 0) is 70.0 Å². The topological polar surface area (TPSA) is 62.8 Å². The molecule has 2 N–H and O–H groups in total. The summed E-state index contributed by atoms with van der Waals surface area (Å²) in [5.74, 6) is 0.835. The molecule has 0 unspecified atom stereocenters. The number of carbonyl (C=O) groups is 1. The second kappa shape index (κ2) is 11.6. The van der Waals surface area contributed by atoms with Crippen molar-refractivity contribution in [3.63, 3.8) is 0 Å². The van der Waals surface area contributed by atoms with Crippen LogP contribution in [0.5, 0.6) is 5.75 Å². The maximum Gasteiger partial charge on any atom is 0.408 e. The predicted molar refractivity (Wildman–Crippen MR) is 127 cm³/mol. The van der Waals surface area contributed by atoms with Gasteiger partial charge in [-0.15, -0.1) is 0 Å². The first kappa shape index (κ1) is 24.5. The van der Waals surface area contributed by atoms with E-state index in [9.17, 15) is 4.79 Å². The Morgan fingerprint density at radius 3 is 2.13 bits per heavy atom. The molecule has 31 heavy (non-hydrogen) atoms. The van der Waals surface area contributed by atoms with Crippen LogP contribution >= 0.6 is 0 Å². The molecule has 0 spiro atoms. The summed E-state index contributed by atoms with van der Waals surface area (Å²) in [6, 6.07) is 16.1. The highest BCUT2D eigenvalue weighted by atomic mass is 16.6. The van der Waals surface area contributed by atoms with Gasteiger partial charge in [0.15, 0.2) is 0 Å². The minimum absolute atomic E-state index is 0.209. The number of ether oxygens (including phenoxy) is 2. The van der Waals surface area contributed by atoms with Crippen molar-refractivity contribution in [3.05, 3.63) is 59.7 Å². The van der Waals surface area contributed by atoms with Crippen LogP contribution in [0.2, 0.25) is 0 Å². The Bertz CT molecular complexity index is 794. The lowest BCUT2D eigenvalue weighted by Crippen LogP contribution is -2.39. The van der Waals surface area contributed by atoms with E-state index >= 15 is 0 Å². The van der Waals surface area contributed by atoms with Crippen molar-refractivity contribution in [2.45, 2.75) is 52.8 Å². The van der Waals surface area contributed by atoms with Crippen molar-refractivity contribution in [2.24, 2.45) is 0 Å². The van der Waals surface area contributed by atoms with Gasteiger partial charge >= 0.3 is 6.09 Å². The molecule has 0 aliphatic heterocycles. The van der Waals surface area contributed by atoms with Gasteiger partial charge in [0.05, 0.1) is 13.2 Å². The van der Waals surface area contributed by atoms with E-state index in [1.165, 1.54) is 5.69 Å². The number of benzene rings is 2. The minimum atomic E-state index is -0.544. The Kier molecular flexibility index (Phi) is 9.19. The Morgan fingerprint density at radius 2 is 1.61 bits per heavy atom. The van der Waals surface area contributed by atoms with Crippen molar-refractivity contribution in [2.75, 3.05) is 31.6 Å². The third-order valence-corrected chi connectivity index (χ3v) is 4.95. The molecular weight excluding hydrogens is 390 g/mol.